The van der Waals surface area contributed by atoms with Gasteiger partial charge in [-0.15, -0.1) is 5.10 Å². The summed E-state index contributed by atoms with van der Waals surface area (Å²) in [6.45, 7) is 5.36. The number of hydrogen-bond acceptors (Lipinski definition) is 5. The van der Waals surface area contributed by atoms with Crippen molar-refractivity contribution in [2.75, 3.05) is 17.6 Å². The Morgan fingerprint density at radius 1 is 1.30 bits per heavy atom. The molecule has 1 aliphatic rings. The molecule has 0 radical (unpaired) electrons. The van der Waals surface area contributed by atoms with Gasteiger partial charge in [-0.25, -0.2) is 9.50 Å². The highest BCUT2D eigenvalue weighted by molar-refractivity contribution is 5.70. The van der Waals surface area contributed by atoms with Gasteiger partial charge in [-0.1, -0.05) is 13.8 Å². The van der Waals surface area contributed by atoms with E-state index >= 15 is 0 Å². The van der Waals surface area contributed by atoms with E-state index in [4.69, 9.17) is 16.5 Å². The minimum absolute atomic E-state index is 0.352. The Morgan fingerprint density at radius 2 is 2.04 bits per heavy atom. The molecular weight excluding hydrogens is 288 g/mol. The van der Waals surface area contributed by atoms with Gasteiger partial charge in [0.05, 0.1) is 17.6 Å². The predicted molar refractivity (Wildman–Crippen MR) is 94.5 cm³/mol. The van der Waals surface area contributed by atoms with Crippen molar-refractivity contribution in [2.45, 2.75) is 57.9 Å². The van der Waals surface area contributed by atoms with Crippen molar-refractivity contribution in [1.29, 1.82) is 0 Å². The van der Waals surface area contributed by atoms with Crippen LogP contribution < -0.4 is 16.8 Å². The van der Waals surface area contributed by atoms with Crippen molar-refractivity contribution >= 4 is 17.2 Å². The molecule has 1 saturated carbocycles. The van der Waals surface area contributed by atoms with E-state index in [9.17, 15) is 0 Å². The van der Waals surface area contributed by atoms with Gasteiger partial charge in [0.15, 0.2) is 5.65 Å². The summed E-state index contributed by atoms with van der Waals surface area (Å²) in [5.41, 5.74) is 14.9. The van der Waals surface area contributed by atoms with Gasteiger partial charge in [0, 0.05) is 24.6 Å². The number of aromatic nitrogens is 3. The van der Waals surface area contributed by atoms with Crippen molar-refractivity contribution in [2.24, 2.45) is 11.7 Å². The molecule has 5 N–H and O–H groups in total. The van der Waals surface area contributed by atoms with Crippen LogP contribution in [0.5, 0.6) is 0 Å². The van der Waals surface area contributed by atoms with E-state index in [1.54, 1.807) is 0 Å². The van der Waals surface area contributed by atoms with Crippen LogP contribution in [0.1, 0.15) is 57.6 Å². The van der Waals surface area contributed by atoms with Crippen LogP contribution in [0.15, 0.2) is 12.3 Å². The number of anilines is 2. The number of hydrogen-bond donors (Lipinski definition) is 3. The first-order chi connectivity index (χ1) is 11.0. The van der Waals surface area contributed by atoms with Gasteiger partial charge in [0.25, 0.3) is 0 Å². The molecule has 0 unspecified atom stereocenters. The Labute approximate surface area is 137 Å². The molecule has 2 heterocycles. The van der Waals surface area contributed by atoms with Crippen molar-refractivity contribution in [3.8, 4) is 0 Å². The summed E-state index contributed by atoms with van der Waals surface area (Å²) >= 11 is 0. The smallest absolute Gasteiger partial charge is 0.177 e. The second-order valence-electron chi connectivity index (χ2n) is 7.14. The first-order valence-corrected chi connectivity index (χ1v) is 8.68. The molecule has 0 amide bonds. The fraction of sp³-hybridized carbons (Fsp3) is 0.647. The topological polar surface area (TPSA) is 94.3 Å². The van der Waals surface area contributed by atoms with Gasteiger partial charge in [-0.3, -0.25) is 0 Å². The van der Waals surface area contributed by atoms with Crippen LogP contribution in [0.25, 0.3) is 5.65 Å². The number of rotatable bonds is 5. The van der Waals surface area contributed by atoms with Gasteiger partial charge in [0.1, 0.15) is 5.82 Å². The number of nitrogen functional groups attached to an aromatic ring is 1. The first kappa shape index (κ1) is 16.1. The number of fused-ring (bicyclic) bond motifs is 1. The third-order valence-electron chi connectivity index (χ3n) is 4.69. The van der Waals surface area contributed by atoms with E-state index in [2.05, 4.69) is 24.3 Å². The minimum Gasteiger partial charge on any atom is -0.382 e. The second-order valence-corrected chi connectivity index (χ2v) is 7.14. The Bertz CT molecular complexity index is 654. The van der Waals surface area contributed by atoms with Gasteiger partial charge in [-0.05, 0) is 38.0 Å². The highest BCUT2D eigenvalue weighted by Gasteiger charge is 2.23. The molecule has 2 aromatic rings. The molecule has 0 bridgehead atoms. The van der Waals surface area contributed by atoms with Crippen LogP contribution in [-0.2, 0) is 0 Å². The Hall–Kier alpha value is -1.82. The lowest BCUT2D eigenvalue weighted by Gasteiger charge is -2.24. The summed E-state index contributed by atoms with van der Waals surface area (Å²) in [6, 6.07) is 2.23. The average molecular weight is 316 g/mol. The molecular formula is C17H28N6. The van der Waals surface area contributed by atoms with Crippen LogP contribution in [0.2, 0.25) is 0 Å². The molecule has 0 spiro atoms. The average Bonchev–Trinajstić information content (AvgIpc) is 2.91. The number of nitrogens with zero attached hydrogens (tertiary/aromatic N) is 3. The molecule has 6 nitrogen and oxygen atoms in total. The number of nitrogens with one attached hydrogen (secondary N) is 1. The molecule has 3 rings (SSSR count). The third-order valence-corrected chi connectivity index (χ3v) is 4.69. The van der Waals surface area contributed by atoms with E-state index in [1.807, 2.05) is 16.8 Å². The molecule has 2 aromatic heterocycles. The van der Waals surface area contributed by atoms with Crippen molar-refractivity contribution in [3.05, 3.63) is 18.0 Å². The zero-order valence-corrected chi connectivity index (χ0v) is 14.1. The molecule has 0 saturated heterocycles. The molecule has 0 atom stereocenters. The summed E-state index contributed by atoms with van der Waals surface area (Å²) < 4.78 is 1.82. The Balaban J connectivity index is 1.83. The lowest BCUT2D eigenvalue weighted by atomic mass is 9.85. The Morgan fingerprint density at radius 3 is 2.74 bits per heavy atom. The highest BCUT2D eigenvalue weighted by atomic mass is 15.3. The quantitative estimate of drug-likeness (QED) is 0.788. The monoisotopic (exact) mass is 316 g/mol. The first-order valence-electron chi connectivity index (χ1n) is 8.68. The van der Waals surface area contributed by atoms with E-state index in [-0.39, 0.29) is 0 Å². The zero-order valence-electron chi connectivity index (χ0n) is 14.1. The van der Waals surface area contributed by atoms with Crippen LogP contribution in [0, 0.1) is 5.92 Å². The van der Waals surface area contributed by atoms with Crippen LogP contribution >= 0.6 is 0 Å². The fourth-order valence-electron chi connectivity index (χ4n) is 3.25. The van der Waals surface area contributed by atoms with E-state index < -0.39 is 0 Å². The lowest BCUT2D eigenvalue weighted by molar-refractivity contribution is 0.391. The highest BCUT2D eigenvalue weighted by Crippen LogP contribution is 2.32. The summed E-state index contributed by atoms with van der Waals surface area (Å²) in [5, 5.41) is 7.84. The molecule has 23 heavy (non-hydrogen) atoms. The molecule has 1 fully saturated rings. The minimum atomic E-state index is 0.352. The van der Waals surface area contributed by atoms with Crippen molar-refractivity contribution in [1.82, 2.24) is 14.6 Å². The summed E-state index contributed by atoms with van der Waals surface area (Å²) in [5.74, 6) is 1.67. The maximum absolute atomic E-state index is 6.01. The molecule has 126 valence electrons. The van der Waals surface area contributed by atoms with Gasteiger partial charge in [-0.2, -0.15) is 0 Å². The zero-order chi connectivity index (χ0) is 16.4. The molecule has 6 heteroatoms. The molecule has 1 aliphatic carbocycles. The maximum Gasteiger partial charge on any atom is 0.177 e. The number of imidazole rings is 1. The van der Waals surface area contributed by atoms with E-state index in [1.165, 1.54) is 0 Å². The maximum atomic E-state index is 6.01. The van der Waals surface area contributed by atoms with Crippen LogP contribution in [-0.4, -0.2) is 27.2 Å². The van der Waals surface area contributed by atoms with Crippen molar-refractivity contribution < 1.29 is 0 Å². The standard InChI is InChI=1S/C17H28N6/c1-11(2)7-8-20-14-9-16(19)22-23-10-15(21-17(14)23)12-3-5-13(18)6-4-12/h9-13,20H,3-8,18H2,1-2H3,(H2,19,22)/t12-,13-. The van der Waals surface area contributed by atoms with Crippen molar-refractivity contribution in [3.63, 3.8) is 0 Å². The molecule has 0 aromatic carbocycles. The van der Waals surface area contributed by atoms with E-state index in [0.29, 0.717) is 23.7 Å². The van der Waals surface area contributed by atoms with Crippen LogP contribution in [0.3, 0.4) is 0 Å². The summed E-state index contributed by atoms with van der Waals surface area (Å²) in [6.07, 6.45) is 7.51. The van der Waals surface area contributed by atoms with Gasteiger partial charge >= 0.3 is 0 Å². The summed E-state index contributed by atoms with van der Waals surface area (Å²) in [4.78, 5) is 4.84. The normalized spacial score (nSPS) is 21.9. The third kappa shape index (κ3) is 3.75. The predicted octanol–water partition coefficient (Wildman–Crippen LogP) is 2.75. The number of nitrogens with two attached hydrogens (primary N) is 2. The van der Waals surface area contributed by atoms with Crippen LogP contribution in [0.4, 0.5) is 11.5 Å². The largest absolute Gasteiger partial charge is 0.382 e. The van der Waals surface area contributed by atoms with E-state index in [0.717, 1.165) is 55.7 Å². The molecule has 0 aliphatic heterocycles. The van der Waals surface area contributed by atoms with Gasteiger partial charge < -0.3 is 16.8 Å². The second kappa shape index (κ2) is 6.74. The fourth-order valence-corrected chi connectivity index (χ4v) is 3.25. The lowest BCUT2D eigenvalue weighted by Crippen LogP contribution is -2.25. The van der Waals surface area contributed by atoms with Gasteiger partial charge in [0.2, 0.25) is 0 Å². The Kier molecular flexibility index (Phi) is 4.71. The SMILES string of the molecule is CC(C)CCNc1cc(N)nn2cc([C@H]3CC[C@H](N)CC3)nc12. The summed E-state index contributed by atoms with van der Waals surface area (Å²) in [7, 11) is 0.